The van der Waals surface area contributed by atoms with Gasteiger partial charge >= 0.3 is 0 Å². The zero-order valence-electron chi connectivity index (χ0n) is 14.5. The van der Waals surface area contributed by atoms with E-state index in [1.54, 1.807) is 30.5 Å². The number of anilines is 1. The maximum absolute atomic E-state index is 12.2. The lowest BCUT2D eigenvalue weighted by atomic mass is 10.1. The van der Waals surface area contributed by atoms with Gasteiger partial charge in [0, 0.05) is 29.7 Å². The lowest BCUT2D eigenvalue weighted by Gasteiger charge is -2.08. The fourth-order valence-corrected chi connectivity index (χ4v) is 4.69. The molecule has 140 valence electrons. The van der Waals surface area contributed by atoms with Crippen LogP contribution in [0.4, 0.5) is 5.69 Å². The highest BCUT2D eigenvalue weighted by Crippen LogP contribution is 2.23. The molecule has 0 aliphatic heterocycles. The van der Waals surface area contributed by atoms with Crippen LogP contribution in [-0.2, 0) is 21.2 Å². The van der Waals surface area contributed by atoms with Crippen LogP contribution >= 0.6 is 11.5 Å². The minimum atomic E-state index is -3.43. The van der Waals surface area contributed by atoms with Crippen molar-refractivity contribution in [3.63, 3.8) is 0 Å². The molecule has 0 saturated heterocycles. The van der Waals surface area contributed by atoms with Gasteiger partial charge in [-0.05, 0) is 66.7 Å². The van der Waals surface area contributed by atoms with Crippen LogP contribution in [0.15, 0.2) is 53.6 Å². The Bertz CT molecular complexity index is 1070. The van der Waals surface area contributed by atoms with Gasteiger partial charge in [0.05, 0.1) is 9.60 Å². The Morgan fingerprint density at radius 2 is 1.93 bits per heavy atom. The van der Waals surface area contributed by atoms with Crippen LogP contribution in [0.1, 0.15) is 24.8 Å². The second-order valence-corrected chi connectivity index (χ2v) is 9.21. The molecule has 1 amide bonds. The minimum Gasteiger partial charge on any atom is -0.326 e. The fraction of sp³-hybridized carbons (Fsp3) is 0.263. The number of hydrogen-bond donors (Lipinski definition) is 2. The number of benzene rings is 2. The van der Waals surface area contributed by atoms with Gasteiger partial charge in [0.25, 0.3) is 0 Å². The van der Waals surface area contributed by atoms with E-state index in [-0.39, 0.29) is 16.8 Å². The van der Waals surface area contributed by atoms with Gasteiger partial charge in [-0.2, -0.15) is 4.37 Å². The lowest BCUT2D eigenvalue weighted by Crippen LogP contribution is -2.25. The SMILES string of the molecule is O=C(CCc1ccc(S(=O)(=O)NC2CC2)cc1)Nc1ccc2sncc2c1. The molecule has 1 heterocycles. The molecule has 1 fully saturated rings. The van der Waals surface area contributed by atoms with Gasteiger partial charge in [-0.1, -0.05) is 12.1 Å². The standard InChI is InChI=1S/C19H19N3O3S2/c23-19(21-16-6-9-18-14(11-16)12-20-26-18)10-3-13-1-7-17(8-2-13)27(24,25)22-15-4-5-15/h1-2,6-9,11-12,15,22H,3-5,10H2,(H,21,23). The number of nitrogens with zero attached hydrogens (tertiary/aromatic N) is 1. The zero-order chi connectivity index (χ0) is 18.9. The summed E-state index contributed by atoms with van der Waals surface area (Å²) in [5, 5.41) is 3.90. The molecule has 1 aliphatic rings. The summed E-state index contributed by atoms with van der Waals surface area (Å²) in [7, 11) is -3.43. The number of carbonyl (C=O) groups excluding carboxylic acids is 1. The van der Waals surface area contributed by atoms with E-state index in [0.29, 0.717) is 12.8 Å². The zero-order valence-corrected chi connectivity index (χ0v) is 16.1. The first-order valence-electron chi connectivity index (χ1n) is 8.75. The molecule has 0 spiro atoms. The van der Waals surface area contributed by atoms with Gasteiger partial charge < -0.3 is 5.32 Å². The number of hydrogen-bond acceptors (Lipinski definition) is 5. The van der Waals surface area contributed by atoms with Crippen molar-refractivity contribution in [1.29, 1.82) is 0 Å². The lowest BCUT2D eigenvalue weighted by molar-refractivity contribution is -0.116. The van der Waals surface area contributed by atoms with E-state index >= 15 is 0 Å². The largest absolute Gasteiger partial charge is 0.326 e. The Balaban J connectivity index is 1.33. The molecule has 6 nitrogen and oxygen atoms in total. The summed E-state index contributed by atoms with van der Waals surface area (Å²) < 4.78 is 32.2. The van der Waals surface area contributed by atoms with E-state index in [0.717, 1.165) is 34.2 Å². The van der Waals surface area contributed by atoms with E-state index in [9.17, 15) is 13.2 Å². The highest BCUT2D eigenvalue weighted by molar-refractivity contribution is 7.89. The highest BCUT2D eigenvalue weighted by Gasteiger charge is 2.27. The Morgan fingerprint density at radius 3 is 2.67 bits per heavy atom. The fourth-order valence-electron chi connectivity index (χ4n) is 2.76. The van der Waals surface area contributed by atoms with E-state index in [2.05, 4.69) is 14.4 Å². The third-order valence-electron chi connectivity index (χ3n) is 4.41. The average molecular weight is 402 g/mol. The summed E-state index contributed by atoms with van der Waals surface area (Å²) in [5.74, 6) is -0.0790. The summed E-state index contributed by atoms with van der Waals surface area (Å²) >= 11 is 1.42. The second kappa shape index (κ2) is 7.38. The molecule has 1 aromatic heterocycles. The first-order valence-corrected chi connectivity index (χ1v) is 11.0. The molecule has 0 atom stereocenters. The number of aryl methyl sites for hydroxylation is 1. The first kappa shape index (κ1) is 18.1. The van der Waals surface area contributed by atoms with E-state index in [1.165, 1.54) is 11.5 Å². The maximum Gasteiger partial charge on any atom is 0.240 e. The van der Waals surface area contributed by atoms with Crippen LogP contribution in [0.25, 0.3) is 10.1 Å². The van der Waals surface area contributed by atoms with E-state index in [4.69, 9.17) is 0 Å². The van der Waals surface area contributed by atoms with Crippen LogP contribution < -0.4 is 10.0 Å². The monoisotopic (exact) mass is 401 g/mol. The molecule has 1 saturated carbocycles. The Kier molecular flexibility index (Phi) is 4.94. The normalized spacial score (nSPS) is 14.4. The molecule has 0 bridgehead atoms. The topological polar surface area (TPSA) is 88.2 Å². The summed E-state index contributed by atoms with van der Waals surface area (Å²) in [4.78, 5) is 12.4. The van der Waals surface area contributed by atoms with Crippen molar-refractivity contribution in [1.82, 2.24) is 9.10 Å². The van der Waals surface area contributed by atoms with Crippen LogP contribution in [0.3, 0.4) is 0 Å². The summed E-state index contributed by atoms with van der Waals surface area (Å²) in [6.45, 7) is 0. The average Bonchev–Trinajstić information content (AvgIpc) is 3.32. The maximum atomic E-state index is 12.2. The van der Waals surface area contributed by atoms with Crippen LogP contribution in [0.5, 0.6) is 0 Å². The molecule has 0 unspecified atom stereocenters. The molecule has 4 rings (SSSR count). The smallest absolute Gasteiger partial charge is 0.240 e. The number of carbonyl (C=O) groups is 1. The summed E-state index contributed by atoms with van der Waals surface area (Å²) in [5.41, 5.74) is 1.67. The first-order chi connectivity index (χ1) is 13.0. The summed E-state index contributed by atoms with van der Waals surface area (Å²) in [6.07, 6.45) is 4.46. The van der Waals surface area contributed by atoms with Gasteiger partial charge in [0.1, 0.15) is 0 Å². The van der Waals surface area contributed by atoms with Crippen molar-refractivity contribution in [2.45, 2.75) is 36.6 Å². The molecule has 2 aromatic carbocycles. The van der Waals surface area contributed by atoms with E-state index < -0.39 is 10.0 Å². The van der Waals surface area contributed by atoms with Crippen molar-refractivity contribution in [2.24, 2.45) is 0 Å². The van der Waals surface area contributed by atoms with Gasteiger partial charge in [0.15, 0.2) is 0 Å². The van der Waals surface area contributed by atoms with Crippen molar-refractivity contribution >= 4 is 43.2 Å². The van der Waals surface area contributed by atoms with Gasteiger partial charge in [0.2, 0.25) is 15.9 Å². The number of fused-ring (bicyclic) bond motifs is 1. The van der Waals surface area contributed by atoms with Crippen LogP contribution in [0.2, 0.25) is 0 Å². The quantitative estimate of drug-likeness (QED) is 0.636. The van der Waals surface area contributed by atoms with Gasteiger partial charge in [-0.3, -0.25) is 4.79 Å². The Labute approximate surface area is 161 Å². The van der Waals surface area contributed by atoms with Crippen molar-refractivity contribution < 1.29 is 13.2 Å². The molecule has 3 aromatic rings. The summed E-state index contributed by atoms with van der Waals surface area (Å²) in [6, 6.07) is 12.5. The van der Waals surface area contributed by atoms with Crippen molar-refractivity contribution in [3.05, 3.63) is 54.2 Å². The van der Waals surface area contributed by atoms with E-state index in [1.807, 2.05) is 18.2 Å². The predicted molar refractivity (Wildman–Crippen MR) is 106 cm³/mol. The molecular weight excluding hydrogens is 382 g/mol. The van der Waals surface area contributed by atoms with Gasteiger partial charge in [-0.15, -0.1) is 0 Å². The number of sulfonamides is 1. The Hall–Kier alpha value is -2.29. The van der Waals surface area contributed by atoms with Crippen molar-refractivity contribution in [2.75, 3.05) is 5.32 Å². The van der Waals surface area contributed by atoms with Crippen LogP contribution in [-0.4, -0.2) is 24.7 Å². The van der Waals surface area contributed by atoms with Crippen LogP contribution in [0, 0.1) is 0 Å². The van der Waals surface area contributed by atoms with Crippen molar-refractivity contribution in [3.8, 4) is 0 Å². The highest BCUT2D eigenvalue weighted by atomic mass is 32.2. The third kappa shape index (κ3) is 4.52. The molecule has 0 radical (unpaired) electrons. The predicted octanol–water partition coefficient (Wildman–Crippen LogP) is 3.31. The molecule has 8 heteroatoms. The van der Waals surface area contributed by atoms with Gasteiger partial charge in [-0.25, -0.2) is 13.1 Å². The number of amides is 1. The molecule has 2 N–H and O–H groups in total. The minimum absolute atomic E-state index is 0.0790. The number of aromatic nitrogens is 1. The number of rotatable bonds is 7. The Morgan fingerprint density at radius 1 is 1.15 bits per heavy atom. The molecular formula is C19H19N3O3S2. The molecule has 27 heavy (non-hydrogen) atoms. The number of nitrogens with one attached hydrogen (secondary N) is 2. The third-order valence-corrected chi connectivity index (χ3v) is 6.73. The molecule has 1 aliphatic carbocycles. The second-order valence-electron chi connectivity index (χ2n) is 6.67.